The SMILES string of the molecule is Cc1cccc(-c2cc(C)nc(C(C)CCN)n2)c1. The van der Waals surface area contributed by atoms with Crippen molar-refractivity contribution in [1.82, 2.24) is 9.97 Å². The Kier molecular flexibility index (Phi) is 4.27. The molecule has 1 aromatic heterocycles. The third-order valence-corrected chi connectivity index (χ3v) is 3.23. The van der Waals surface area contributed by atoms with Crippen molar-refractivity contribution in [3.05, 3.63) is 47.4 Å². The van der Waals surface area contributed by atoms with E-state index in [-0.39, 0.29) is 0 Å². The summed E-state index contributed by atoms with van der Waals surface area (Å²) in [5.74, 6) is 1.19. The van der Waals surface area contributed by atoms with Crippen molar-refractivity contribution in [2.24, 2.45) is 5.73 Å². The molecule has 0 aliphatic rings. The van der Waals surface area contributed by atoms with Crippen molar-refractivity contribution in [2.75, 3.05) is 6.54 Å². The van der Waals surface area contributed by atoms with Crippen LogP contribution in [-0.2, 0) is 0 Å². The molecule has 2 aromatic rings. The third-order valence-electron chi connectivity index (χ3n) is 3.23. The lowest BCUT2D eigenvalue weighted by Crippen LogP contribution is -2.09. The van der Waals surface area contributed by atoms with Crippen LogP contribution in [0.3, 0.4) is 0 Å². The molecule has 19 heavy (non-hydrogen) atoms. The van der Waals surface area contributed by atoms with E-state index < -0.39 is 0 Å². The van der Waals surface area contributed by atoms with Crippen LogP contribution in [0.2, 0.25) is 0 Å². The second-order valence-electron chi connectivity index (χ2n) is 5.10. The Morgan fingerprint density at radius 2 is 1.95 bits per heavy atom. The zero-order valence-electron chi connectivity index (χ0n) is 11.9. The first-order chi connectivity index (χ1) is 9.10. The number of hydrogen-bond donors (Lipinski definition) is 1. The molecule has 100 valence electrons. The molecule has 0 aliphatic carbocycles. The van der Waals surface area contributed by atoms with Gasteiger partial charge >= 0.3 is 0 Å². The van der Waals surface area contributed by atoms with Gasteiger partial charge in [0.2, 0.25) is 0 Å². The fourth-order valence-corrected chi connectivity index (χ4v) is 2.14. The van der Waals surface area contributed by atoms with Crippen LogP contribution in [0.4, 0.5) is 0 Å². The highest BCUT2D eigenvalue weighted by atomic mass is 14.9. The zero-order chi connectivity index (χ0) is 13.8. The van der Waals surface area contributed by atoms with Gasteiger partial charge in [-0.15, -0.1) is 0 Å². The summed E-state index contributed by atoms with van der Waals surface area (Å²) in [6, 6.07) is 10.4. The first-order valence-corrected chi connectivity index (χ1v) is 6.73. The van der Waals surface area contributed by atoms with Crippen LogP contribution in [-0.4, -0.2) is 16.5 Å². The molecule has 0 saturated heterocycles. The Bertz CT molecular complexity index is 564. The van der Waals surface area contributed by atoms with E-state index in [0.717, 1.165) is 29.2 Å². The standard InChI is InChI=1S/C16H21N3/c1-11-5-4-6-14(9-11)15-10-13(3)18-16(19-15)12(2)7-8-17/h4-6,9-10,12H,7-8,17H2,1-3H3. The smallest absolute Gasteiger partial charge is 0.132 e. The maximum atomic E-state index is 5.62. The lowest BCUT2D eigenvalue weighted by Gasteiger charge is -2.11. The monoisotopic (exact) mass is 255 g/mol. The molecule has 3 heteroatoms. The average molecular weight is 255 g/mol. The van der Waals surface area contributed by atoms with Crippen LogP contribution in [0.15, 0.2) is 30.3 Å². The maximum Gasteiger partial charge on any atom is 0.132 e. The Morgan fingerprint density at radius 3 is 2.63 bits per heavy atom. The zero-order valence-corrected chi connectivity index (χ0v) is 11.9. The van der Waals surface area contributed by atoms with Gasteiger partial charge in [0.1, 0.15) is 5.82 Å². The summed E-state index contributed by atoms with van der Waals surface area (Å²) < 4.78 is 0. The second kappa shape index (κ2) is 5.93. The third kappa shape index (κ3) is 3.38. The predicted octanol–water partition coefficient (Wildman–Crippen LogP) is 3.21. The minimum Gasteiger partial charge on any atom is -0.330 e. The van der Waals surface area contributed by atoms with Gasteiger partial charge in [-0.3, -0.25) is 0 Å². The summed E-state index contributed by atoms with van der Waals surface area (Å²) in [5.41, 5.74) is 10.0. The van der Waals surface area contributed by atoms with Crippen LogP contribution in [0.1, 0.15) is 36.3 Å². The van der Waals surface area contributed by atoms with Gasteiger partial charge < -0.3 is 5.73 Å². The number of aryl methyl sites for hydroxylation is 2. The average Bonchev–Trinajstić information content (AvgIpc) is 2.38. The summed E-state index contributed by atoms with van der Waals surface area (Å²) in [4.78, 5) is 9.23. The second-order valence-corrected chi connectivity index (χ2v) is 5.10. The molecule has 0 aliphatic heterocycles. The van der Waals surface area contributed by atoms with E-state index in [1.807, 2.05) is 13.0 Å². The lowest BCUT2D eigenvalue weighted by molar-refractivity contribution is 0.645. The normalized spacial score (nSPS) is 12.4. The molecule has 1 heterocycles. The minimum absolute atomic E-state index is 0.299. The fourth-order valence-electron chi connectivity index (χ4n) is 2.14. The summed E-state index contributed by atoms with van der Waals surface area (Å²) in [5, 5.41) is 0. The molecule has 0 spiro atoms. The maximum absolute atomic E-state index is 5.62. The van der Waals surface area contributed by atoms with Gasteiger partial charge in [-0.05, 0) is 38.9 Å². The van der Waals surface area contributed by atoms with Crippen molar-refractivity contribution in [3.8, 4) is 11.3 Å². The number of rotatable bonds is 4. The van der Waals surface area contributed by atoms with E-state index >= 15 is 0 Å². The Labute approximate surface area is 114 Å². The molecule has 1 unspecified atom stereocenters. The van der Waals surface area contributed by atoms with Crippen molar-refractivity contribution in [2.45, 2.75) is 33.1 Å². The predicted molar refractivity (Wildman–Crippen MR) is 79.0 cm³/mol. The van der Waals surface area contributed by atoms with Crippen molar-refractivity contribution < 1.29 is 0 Å². The van der Waals surface area contributed by atoms with E-state index in [2.05, 4.69) is 43.1 Å². The van der Waals surface area contributed by atoms with E-state index in [1.165, 1.54) is 5.56 Å². The molecule has 1 aromatic carbocycles. The Hall–Kier alpha value is -1.74. The van der Waals surface area contributed by atoms with Gasteiger partial charge in [0.15, 0.2) is 0 Å². The topological polar surface area (TPSA) is 51.8 Å². The quantitative estimate of drug-likeness (QED) is 0.912. The first kappa shape index (κ1) is 13.7. The van der Waals surface area contributed by atoms with Gasteiger partial charge in [-0.25, -0.2) is 9.97 Å². The Morgan fingerprint density at radius 1 is 1.16 bits per heavy atom. The number of aromatic nitrogens is 2. The highest BCUT2D eigenvalue weighted by molar-refractivity contribution is 5.60. The van der Waals surface area contributed by atoms with Crippen LogP contribution in [0, 0.1) is 13.8 Å². The van der Waals surface area contributed by atoms with Crippen LogP contribution in [0.5, 0.6) is 0 Å². The molecule has 0 saturated carbocycles. The number of nitrogens with two attached hydrogens (primary N) is 1. The van der Waals surface area contributed by atoms with E-state index in [1.54, 1.807) is 0 Å². The largest absolute Gasteiger partial charge is 0.330 e. The summed E-state index contributed by atoms with van der Waals surface area (Å²) in [6.07, 6.45) is 0.913. The van der Waals surface area contributed by atoms with E-state index in [9.17, 15) is 0 Å². The highest BCUT2D eigenvalue weighted by Gasteiger charge is 2.11. The molecular weight excluding hydrogens is 234 g/mol. The van der Waals surface area contributed by atoms with Crippen molar-refractivity contribution >= 4 is 0 Å². The lowest BCUT2D eigenvalue weighted by atomic mass is 10.1. The van der Waals surface area contributed by atoms with Crippen LogP contribution < -0.4 is 5.73 Å². The van der Waals surface area contributed by atoms with Gasteiger partial charge in [0.25, 0.3) is 0 Å². The molecular formula is C16H21N3. The molecule has 2 N–H and O–H groups in total. The fraction of sp³-hybridized carbons (Fsp3) is 0.375. The van der Waals surface area contributed by atoms with Crippen LogP contribution in [0.25, 0.3) is 11.3 Å². The van der Waals surface area contributed by atoms with Crippen molar-refractivity contribution in [1.29, 1.82) is 0 Å². The molecule has 2 rings (SSSR count). The minimum atomic E-state index is 0.299. The van der Waals surface area contributed by atoms with Gasteiger partial charge in [-0.1, -0.05) is 30.7 Å². The van der Waals surface area contributed by atoms with Gasteiger partial charge in [0.05, 0.1) is 5.69 Å². The van der Waals surface area contributed by atoms with E-state index in [4.69, 9.17) is 10.7 Å². The van der Waals surface area contributed by atoms with Crippen molar-refractivity contribution in [3.63, 3.8) is 0 Å². The first-order valence-electron chi connectivity index (χ1n) is 6.73. The highest BCUT2D eigenvalue weighted by Crippen LogP contribution is 2.22. The molecule has 0 radical (unpaired) electrons. The number of nitrogens with zero attached hydrogens (tertiary/aromatic N) is 2. The molecule has 3 nitrogen and oxygen atoms in total. The molecule has 1 atom stereocenters. The summed E-state index contributed by atoms with van der Waals surface area (Å²) in [7, 11) is 0. The van der Waals surface area contributed by atoms with E-state index in [0.29, 0.717) is 12.5 Å². The molecule has 0 bridgehead atoms. The number of benzene rings is 1. The van der Waals surface area contributed by atoms with Gasteiger partial charge in [-0.2, -0.15) is 0 Å². The van der Waals surface area contributed by atoms with Gasteiger partial charge in [0, 0.05) is 17.2 Å². The summed E-state index contributed by atoms with van der Waals surface area (Å²) in [6.45, 7) is 6.90. The Balaban J connectivity index is 2.41. The molecule has 0 amide bonds. The molecule has 0 fully saturated rings. The van der Waals surface area contributed by atoms with Crippen LogP contribution >= 0.6 is 0 Å². The summed E-state index contributed by atoms with van der Waals surface area (Å²) >= 11 is 0. The number of hydrogen-bond acceptors (Lipinski definition) is 3.